The zero-order valence-electron chi connectivity index (χ0n) is 8.86. The molecule has 0 aliphatic heterocycles. The molecule has 0 amide bonds. The highest BCUT2D eigenvalue weighted by Gasteiger charge is 2.03. The second-order valence-electron chi connectivity index (χ2n) is 3.52. The SMILES string of the molecule is Oc1cccc(SCc2cc(Cl)ccc2Cl)c1. The maximum atomic E-state index is 9.35. The van der Waals surface area contributed by atoms with Crippen molar-refractivity contribution >= 4 is 35.0 Å². The van der Waals surface area contributed by atoms with Crippen LogP contribution in [0.25, 0.3) is 0 Å². The standard InChI is InChI=1S/C13H10Cl2OS/c14-10-4-5-13(15)9(6-10)8-17-12-3-1-2-11(16)7-12/h1-7,16H,8H2. The van der Waals surface area contributed by atoms with Gasteiger partial charge in [-0.05, 0) is 42.0 Å². The number of hydrogen-bond acceptors (Lipinski definition) is 2. The van der Waals surface area contributed by atoms with Crippen LogP contribution in [-0.2, 0) is 5.75 Å². The van der Waals surface area contributed by atoms with E-state index < -0.39 is 0 Å². The van der Waals surface area contributed by atoms with Gasteiger partial charge in [-0.3, -0.25) is 0 Å². The molecule has 0 fully saturated rings. The van der Waals surface area contributed by atoms with Gasteiger partial charge in [0.1, 0.15) is 5.75 Å². The quantitative estimate of drug-likeness (QED) is 0.801. The molecule has 0 aromatic heterocycles. The van der Waals surface area contributed by atoms with Crippen molar-refractivity contribution in [3.63, 3.8) is 0 Å². The molecule has 2 aromatic carbocycles. The van der Waals surface area contributed by atoms with Gasteiger partial charge in [-0.25, -0.2) is 0 Å². The lowest BCUT2D eigenvalue weighted by Crippen LogP contribution is -1.83. The largest absolute Gasteiger partial charge is 0.508 e. The molecule has 0 saturated carbocycles. The molecule has 1 N–H and O–H groups in total. The minimum atomic E-state index is 0.271. The third-order valence-electron chi connectivity index (χ3n) is 2.22. The Morgan fingerprint density at radius 1 is 1.06 bits per heavy atom. The summed E-state index contributed by atoms with van der Waals surface area (Å²) in [7, 11) is 0. The second kappa shape index (κ2) is 5.67. The molecule has 1 nitrogen and oxygen atoms in total. The average molecular weight is 285 g/mol. The van der Waals surface area contributed by atoms with Gasteiger partial charge in [-0.2, -0.15) is 0 Å². The maximum Gasteiger partial charge on any atom is 0.116 e. The van der Waals surface area contributed by atoms with Crippen LogP contribution in [0.2, 0.25) is 10.0 Å². The Hall–Kier alpha value is -0.830. The number of phenols is 1. The first kappa shape index (κ1) is 12.6. The van der Waals surface area contributed by atoms with Gasteiger partial charge in [0, 0.05) is 20.7 Å². The van der Waals surface area contributed by atoms with E-state index in [9.17, 15) is 5.11 Å². The maximum absolute atomic E-state index is 9.35. The number of phenolic OH excluding ortho intramolecular Hbond substituents is 1. The minimum Gasteiger partial charge on any atom is -0.508 e. The fraction of sp³-hybridized carbons (Fsp3) is 0.0769. The molecule has 2 rings (SSSR count). The van der Waals surface area contributed by atoms with Crippen molar-refractivity contribution in [2.45, 2.75) is 10.6 Å². The van der Waals surface area contributed by atoms with Crippen LogP contribution in [0.15, 0.2) is 47.4 Å². The lowest BCUT2D eigenvalue weighted by Gasteiger charge is -2.05. The van der Waals surface area contributed by atoms with Gasteiger partial charge in [0.2, 0.25) is 0 Å². The summed E-state index contributed by atoms with van der Waals surface area (Å²) in [5, 5.41) is 10.7. The van der Waals surface area contributed by atoms with Gasteiger partial charge in [0.25, 0.3) is 0 Å². The molecular weight excluding hydrogens is 275 g/mol. The zero-order valence-corrected chi connectivity index (χ0v) is 11.2. The summed E-state index contributed by atoms with van der Waals surface area (Å²) in [6.07, 6.45) is 0. The van der Waals surface area contributed by atoms with Crippen LogP contribution in [0.5, 0.6) is 5.75 Å². The van der Waals surface area contributed by atoms with Crippen LogP contribution in [0.1, 0.15) is 5.56 Å². The molecule has 0 heterocycles. The smallest absolute Gasteiger partial charge is 0.116 e. The molecule has 0 spiro atoms. The van der Waals surface area contributed by atoms with Crippen LogP contribution < -0.4 is 0 Å². The fourth-order valence-corrected chi connectivity index (χ4v) is 2.79. The van der Waals surface area contributed by atoms with Gasteiger partial charge < -0.3 is 5.11 Å². The van der Waals surface area contributed by atoms with E-state index in [0.717, 1.165) is 16.2 Å². The normalized spacial score (nSPS) is 10.5. The van der Waals surface area contributed by atoms with Crippen molar-refractivity contribution in [2.24, 2.45) is 0 Å². The lowest BCUT2D eigenvalue weighted by molar-refractivity contribution is 0.474. The lowest BCUT2D eigenvalue weighted by atomic mass is 10.2. The summed E-state index contributed by atoms with van der Waals surface area (Å²) in [6.45, 7) is 0. The summed E-state index contributed by atoms with van der Waals surface area (Å²) in [4.78, 5) is 1.00. The topological polar surface area (TPSA) is 20.2 Å². The summed E-state index contributed by atoms with van der Waals surface area (Å²) in [5.74, 6) is 0.996. The first-order valence-electron chi connectivity index (χ1n) is 5.01. The third-order valence-corrected chi connectivity index (χ3v) is 3.87. The first-order chi connectivity index (χ1) is 8.15. The monoisotopic (exact) mass is 284 g/mol. The Balaban J connectivity index is 2.09. The average Bonchev–Trinajstić information content (AvgIpc) is 2.30. The van der Waals surface area contributed by atoms with E-state index in [1.807, 2.05) is 18.2 Å². The second-order valence-corrected chi connectivity index (χ2v) is 5.41. The Morgan fingerprint density at radius 3 is 2.65 bits per heavy atom. The van der Waals surface area contributed by atoms with Crippen LogP contribution in [0.3, 0.4) is 0 Å². The zero-order chi connectivity index (χ0) is 12.3. The molecular formula is C13H10Cl2OS. The van der Waals surface area contributed by atoms with Crippen molar-refractivity contribution < 1.29 is 5.11 Å². The van der Waals surface area contributed by atoms with Crippen LogP contribution in [-0.4, -0.2) is 5.11 Å². The third kappa shape index (κ3) is 3.56. The predicted octanol–water partition coefficient (Wildman–Crippen LogP) is 4.99. The van der Waals surface area contributed by atoms with E-state index in [1.165, 1.54) is 0 Å². The summed E-state index contributed by atoms with van der Waals surface area (Å²) in [5.41, 5.74) is 0.993. The highest BCUT2D eigenvalue weighted by atomic mass is 35.5. The van der Waals surface area contributed by atoms with Crippen molar-refractivity contribution in [1.82, 2.24) is 0 Å². The van der Waals surface area contributed by atoms with E-state index in [-0.39, 0.29) is 5.75 Å². The first-order valence-corrected chi connectivity index (χ1v) is 6.75. The van der Waals surface area contributed by atoms with Crippen LogP contribution in [0.4, 0.5) is 0 Å². The van der Waals surface area contributed by atoms with Gasteiger partial charge in [-0.1, -0.05) is 29.3 Å². The number of rotatable bonds is 3. The minimum absolute atomic E-state index is 0.271. The molecule has 88 valence electrons. The molecule has 0 saturated heterocycles. The fourth-order valence-electron chi connectivity index (χ4n) is 1.39. The number of benzene rings is 2. The molecule has 0 atom stereocenters. The van der Waals surface area contributed by atoms with Crippen molar-refractivity contribution in [1.29, 1.82) is 0 Å². The summed E-state index contributed by atoms with van der Waals surface area (Å²) in [6, 6.07) is 12.6. The Kier molecular flexibility index (Phi) is 4.21. The summed E-state index contributed by atoms with van der Waals surface area (Å²) < 4.78 is 0. The molecule has 0 aliphatic carbocycles. The highest BCUT2D eigenvalue weighted by Crippen LogP contribution is 2.29. The van der Waals surface area contributed by atoms with Crippen LogP contribution in [0, 0.1) is 0 Å². The van der Waals surface area contributed by atoms with Gasteiger partial charge in [-0.15, -0.1) is 11.8 Å². The molecule has 0 bridgehead atoms. The summed E-state index contributed by atoms with van der Waals surface area (Å²) >= 11 is 13.6. The predicted molar refractivity (Wildman–Crippen MR) is 74.1 cm³/mol. The van der Waals surface area contributed by atoms with Crippen molar-refractivity contribution in [2.75, 3.05) is 0 Å². The number of hydrogen-bond donors (Lipinski definition) is 1. The van der Waals surface area contributed by atoms with Gasteiger partial charge in [0.15, 0.2) is 0 Å². The number of halogens is 2. The van der Waals surface area contributed by atoms with Gasteiger partial charge in [0.05, 0.1) is 0 Å². The molecule has 0 aliphatic rings. The van der Waals surface area contributed by atoms with E-state index in [4.69, 9.17) is 23.2 Å². The van der Waals surface area contributed by atoms with Crippen LogP contribution >= 0.6 is 35.0 Å². The number of aromatic hydroxyl groups is 1. The molecule has 0 radical (unpaired) electrons. The van der Waals surface area contributed by atoms with E-state index in [1.54, 1.807) is 36.0 Å². The number of thioether (sulfide) groups is 1. The Bertz CT molecular complexity index is 529. The van der Waals surface area contributed by atoms with E-state index in [0.29, 0.717) is 10.0 Å². The van der Waals surface area contributed by atoms with Gasteiger partial charge >= 0.3 is 0 Å². The van der Waals surface area contributed by atoms with Crippen molar-refractivity contribution in [3.05, 3.63) is 58.1 Å². The molecule has 17 heavy (non-hydrogen) atoms. The molecule has 0 unspecified atom stereocenters. The van der Waals surface area contributed by atoms with E-state index >= 15 is 0 Å². The van der Waals surface area contributed by atoms with Crippen molar-refractivity contribution in [3.8, 4) is 5.75 Å². The Labute approximate surface area is 114 Å². The molecule has 4 heteroatoms. The Morgan fingerprint density at radius 2 is 1.88 bits per heavy atom. The highest BCUT2D eigenvalue weighted by molar-refractivity contribution is 7.98. The van der Waals surface area contributed by atoms with E-state index in [2.05, 4.69) is 0 Å². The molecule has 2 aromatic rings.